The second kappa shape index (κ2) is 7.44. The lowest BCUT2D eigenvalue weighted by atomic mass is 10.1. The molecule has 0 bridgehead atoms. The number of hydrogen-bond donors (Lipinski definition) is 0. The first-order valence-corrected chi connectivity index (χ1v) is 8.51. The molecule has 0 saturated heterocycles. The van der Waals surface area contributed by atoms with Crippen molar-refractivity contribution >= 4 is 17.3 Å². The first-order valence-electron chi connectivity index (χ1n) is 8.51. The summed E-state index contributed by atoms with van der Waals surface area (Å²) in [6.45, 7) is 5.26. The smallest absolute Gasteiger partial charge is 0.311 e. The van der Waals surface area contributed by atoms with Crippen molar-refractivity contribution in [1.29, 1.82) is 5.26 Å². The number of esters is 1. The number of nitro benzene ring substituents is 1. The Morgan fingerprint density at radius 2 is 2.11 bits per heavy atom. The normalized spacial score (nSPS) is 10.6. The Kier molecular flexibility index (Phi) is 5.04. The fourth-order valence-corrected chi connectivity index (χ4v) is 3.06. The Morgan fingerprint density at radius 3 is 2.75 bits per heavy atom. The van der Waals surface area contributed by atoms with Gasteiger partial charge in [0.05, 0.1) is 17.5 Å². The molecule has 1 aromatic carbocycles. The zero-order chi connectivity index (χ0) is 20.4. The summed E-state index contributed by atoms with van der Waals surface area (Å²) in [5.74, 6) is -0.189. The zero-order valence-electron chi connectivity index (χ0n) is 15.6. The van der Waals surface area contributed by atoms with Gasteiger partial charge in [-0.2, -0.15) is 10.4 Å². The number of benzene rings is 1. The second-order valence-electron chi connectivity index (χ2n) is 6.35. The van der Waals surface area contributed by atoms with Crippen LogP contribution >= 0.6 is 0 Å². The van der Waals surface area contributed by atoms with Gasteiger partial charge in [-0.25, -0.2) is 9.50 Å². The highest BCUT2D eigenvalue weighted by Crippen LogP contribution is 2.24. The molecule has 3 rings (SSSR count). The summed E-state index contributed by atoms with van der Waals surface area (Å²) in [6, 6.07) is 6.24. The average molecular weight is 379 g/mol. The topological polar surface area (TPSA) is 123 Å². The standard InChI is InChI=1S/C19H17N5O4/c1-11-8-15(4-6-17(11)24(26)27)28-18(25)7-5-16-12(2)22-19-14(9-20)10-21-23(19)13(16)3/h4,6,8,10H,5,7H2,1-3H3. The van der Waals surface area contributed by atoms with Gasteiger partial charge in [0.25, 0.3) is 5.69 Å². The van der Waals surface area contributed by atoms with Gasteiger partial charge in [-0.1, -0.05) is 0 Å². The van der Waals surface area contributed by atoms with Crippen molar-refractivity contribution in [2.75, 3.05) is 0 Å². The molecule has 0 unspecified atom stereocenters. The lowest BCUT2D eigenvalue weighted by Gasteiger charge is -2.11. The highest BCUT2D eigenvalue weighted by Gasteiger charge is 2.16. The number of nitrogens with zero attached hydrogens (tertiary/aromatic N) is 5. The highest BCUT2D eigenvalue weighted by atomic mass is 16.6. The van der Waals surface area contributed by atoms with E-state index in [9.17, 15) is 14.9 Å². The molecule has 0 fully saturated rings. The summed E-state index contributed by atoms with van der Waals surface area (Å²) < 4.78 is 6.88. The molecule has 0 atom stereocenters. The van der Waals surface area contributed by atoms with Gasteiger partial charge in [0.15, 0.2) is 5.65 Å². The number of aryl methyl sites for hydroxylation is 3. The molecule has 0 spiro atoms. The maximum atomic E-state index is 12.2. The summed E-state index contributed by atoms with van der Waals surface area (Å²) in [4.78, 5) is 27.0. The van der Waals surface area contributed by atoms with Crippen LogP contribution in [0, 0.1) is 42.2 Å². The van der Waals surface area contributed by atoms with Crippen molar-refractivity contribution in [3.05, 3.63) is 62.6 Å². The number of carbonyl (C=O) groups excluding carboxylic acids is 1. The summed E-state index contributed by atoms with van der Waals surface area (Å²) in [5.41, 5.74) is 3.67. The van der Waals surface area contributed by atoms with E-state index < -0.39 is 10.9 Å². The Bertz CT molecular complexity index is 1140. The minimum atomic E-state index is -0.483. The van der Waals surface area contributed by atoms with Gasteiger partial charge in [0.2, 0.25) is 0 Å². The maximum Gasteiger partial charge on any atom is 0.311 e. The fraction of sp³-hybridized carbons (Fsp3) is 0.263. The third-order valence-electron chi connectivity index (χ3n) is 4.50. The first kappa shape index (κ1) is 19.0. The average Bonchev–Trinajstić information content (AvgIpc) is 3.04. The van der Waals surface area contributed by atoms with Crippen molar-refractivity contribution in [2.24, 2.45) is 0 Å². The van der Waals surface area contributed by atoms with Crippen LogP contribution in [-0.4, -0.2) is 25.5 Å². The van der Waals surface area contributed by atoms with Gasteiger partial charge in [-0.05, 0) is 44.9 Å². The van der Waals surface area contributed by atoms with Gasteiger partial charge in [-0.15, -0.1) is 0 Å². The van der Waals surface area contributed by atoms with E-state index in [0.717, 1.165) is 17.0 Å². The van der Waals surface area contributed by atoms with Crippen molar-refractivity contribution in [3.8, 4) is 11.8 Å². The van der Waals surface area contributed by atoms with E-state index in [2.05, 4.69) is 16.2 Å². The van der Waals surface area contributed by atoms with Crippen LogP contribution in [-0.2, 0) is 11.2 Å². The molecule has 9 nitrogen and oxygen atoms in total. The largest absolute Gasteiger partial charge is 0.427 e. The minimum absolute atomic E-state index is 0.0265. The summed E-state index contributed by atoms with van der Waals surface area (Å²) in [5, 5.41) is 24.2. The molecule has 0 radical (unpaired) electrons. The van der Waals surface area contributed by atoms with Gasteiger partial charge in [0.1, 0.15) is 17.4 Å². The van der Waals surface area contributed by atoms with Gasteiger partial charge < -0.3 is 4.74 Å². The van der Waals surface area contributed by atoms with Crippen LogP contribution in [0.1, 0.15) is 34.5 Å². The van der Waals surface area contributed by atoms with E-state index in [1.54, 1.807) is 11.4 Å². The van der Waals surface area contributed by atoms with E-state index in [4.69, 9.17) is 10.00 Å². The Balaban J connectivity index is 1.74. The number of nitro groups is 1. The van der Waals surface area contributed by atoms with Crippen molar-refractivity contribution in [2.45, 2.75) is 33.6 Å². The third kappa shape index (κ3) is 3.53. The zero-order valence-corrected chi connectivity index (χ0v) is 15.6. The summed E-state index contributed by atoms with van der Waals surface area (Å²) in [7, 11) is 0. The van der Waals surface area contributed by atoms with E-state index in [1.807, 2.05) is 13.8 Å². The van der Waals surface area contributed by atoms with Crippen molar-refractivity contribution in [1.82, 2.24) is 14.6 Å². The van der Waals surface area contributed by atoms with Gasteiger partial charge >= 0.3 is 5.97 Å². The van der Waals surface area contributed by atoms with E-state index in [1.165, 1.54) is 24.4 Å². The second-order valence-corrected chi connectivity index (χ2v) is 6.35. The number of fused-ring (bicyclic) bond motifs is 1. The number of aromatic nitrogens is 3. The molecule has 0 aliphatic rings. The lowest BCUT2D eigenvalue weighted by molar-refractivity contribution is -0.385. The van der Waals surface area contributed by atoms with Crippen LogP contribution in [0.25, 0.3) is 5.65 Å². The Hall–Kier alpha value is -3.80. The van der Waals surface area contributed by atoms with Crippen LogP contribution in [0.5, 0.6) is 5.75 Å². The van der Waals surface area contributed by atoms with Crippen LogP contribution in [0.3, 0.4) is 0 Å². The number of carbonyl (C=O) groups is 1. The Morgan fingerprint density at radius 1 is 1.36 bits per heavy atom. The monoisotopic (exact) mass is 379 g/mol. The van der Waals surface area contributed by atoms with E-state index >= 15 is 0 Å². The molecule has 0 saturated carbocycles. The molecule has 2 aromatic heterocycles. The Labute approximate surface area is 160 Å². The molecule has 3 aromatic rings. The SMILES string of the molecule is Cc1cc(OC(=O)CCc2c(C)nc3c(C#N)cnn3c2C)ccc1[N+](=O)[O-]. The van der Waals surface area contributed by atoms with Gasteiger partial charge in [-0.3, -0.25) is 14.9 Å². The number of nitriles is 1. The molecule has 142 valence electrons. The van der Waals surface area contributed by atoms with Crippen molar-refractivity contribution < 1.29 is 14.5 Å². The molecular weight excluding hydrogens is 362 g/mol. The maximum absolute atomic E-state index is 12.2. The van der Waals surface area contributed by atoms with Crippen LogP contribution in [0.4, 0.5) is 5.69 Å². The number of hydrogen-bond acceptors (Lipinski definition) is 7. The quantitative estimate of drug-likeness (QED) is 0.289. The minimum Gasteiger partial charge on any atom is -0.427 e. The van der Waals surface area contributed by atoms with E-state index in [0.29, 0.717) is 23.2 Å². The molecule has 0 N–H and O–H groups in total. The molecule has 0 aliphatic heterocycles. The third-order valence-corrected chi connectivity index (χ3v) is 4.50. The van der Waals surface area contributed by atoms with E-state index in [-0.39, 0.29) is 17.9 Å². The van der Waals surface area contributed by atoms with Gasteiger partial charge in [0, 0.05) is 23.0 Å². The fourth-order valence-electron chi connectivity index (χ4n) is 3.06. The predicted octanol–water partition coefficient (Wildman–Crippen LogP) is 2.97. The summed E-state index contributed by atoms with van der Waals surface area (Å²) >= 11 is 0. The highest BCUT2D eigenvalue weighted by molar-refractivity contribution is 5.73. The summed E-state index contributed by atoms with van der Waals surface area (Å²) in [6.07, 6.45) is 1.97. The van der Waals surface area contributed by atoms with Crippen LogP contribution < -0.4 is 4.74 Å². The molecular formula is C19H17N5O4. The molecule has 0 aliphatic carbocycles. The number of ether oxygens (including phenoxy) is 1. The van der Waals surface area contributed by atoms with Crippen molar-refractivity contribution in [3.63, 3.8) is 0 Å². The predicted molar refractivity (Wildman–Crippen MR) is 99.0 cm³/mol. The molecule has 2 heterocycles. The lowest BCUT2D eigenvalue weighted by Crippen LogP contribution is -2.12. The molecule has 28 heavy (non-hydrogen) atoms. The molecule has 9 heteroatoms. The molecule has 0 amide bonds. The van der Waals surface area contributed by atoms with Crippen LogP contribution in [0.2, 0.25) is 0 Å². The first-order chi connectivity index (χ1) is 13.3. The number of rotatable bonds is 5. The van der Waals surface area contributed by atoms with Crippen LogP contribution in [0.15, 0.2) is 24.4 Å².